The molecule has 0 aliphatic heterocycles. The fourth-order valence-corrected chi connectivity index (χ4v) is 1.84. The van der Waals surface area contributed by atoms with Gasteiger partial charge in [0.15, 0.2) is 0 Å². The number of carbonyl (C=O) groups is 1. The zero-order valence-electron chi connectivity index (χ0n) is 12.2. The van der Waals surface area contributed by atoms with E-state index in [1.165, 1.54) is 25.3 Å². The molecule has 4 heteroatoms. The summed E-state index contributed by atoms with van der Waals surface area (Å²) in [5.74, 6) is 0.336. The normalized spacial score (nSPS) is 12.5. The Balaban J connectivity index is 2.46. The van der Waals surface area contributed by atoms with Crippen LogP contribution in [0, 0.1) is 5.92 Å². The van der Waals surface area contributed by atoms with E-state index in [1.54, 1.807) is 12.3 Å². The summed E-state index contributed by atoms with van der Waals surface area (Å²) in [5, 5.41) is 8.53. The van der Waals surface area contributed by atoms with Crippen molar-refractivity contribution in [1.82, 2.24) is 4.98 Å². The summed E-state index contributed by atoms with van der Waals surface area (Å²) in [6, 6.07) is 3.57. The first-order valence-electron chi connectivity index (χ1n) is 7.15. The molecule has 0 aliphatic carbocycles. The topological polar surface area (TPSA) is 59.4 Å². The van der Waals surface area contributed by atoms with E-state index < -0.39 is 5.97 Å². The fraction of sp³-hybridized carbons (Fsp3) is 0.500. The van der Waals surface area contributed by atoms with Crippen molar-refractivity contribution >= 4 is 12.0 Å². The SMILES string of the molecule is CCCCC(CC)COc1ccc(C=CC(=O)O)nc1. The van der Waals surface area contributed by atoms with Gasteiger partial charge in [0.2, 0.25) is 0 Å². The number of pyridine rings is 1. The monoisotopic (exact) mass is 277 g/mol. The van der Waals surface area contributed by atoms with Gasteiger partial charge in [-0.05, 0) is 30.5 Å². The maximum atomic E-state index is 10.4. The molecular formula is C16H23NO3. The molecule has 0 saturated heterocycles. The Morgan fingerprint density at radius 1 is 1.45 bits per heavy atom. The first-order chi connectivity index (χ1) is 9.65. The third-order valence-corrected chi connectivity index (χ3v) is 3.18. The molecule has 1 N–H and O–H groups in total. The Bertz CT molecular complexity index is 426. The first-order valence-corrected chi connectivity index (χ1v) is 7.15. The Hall–Kier alpha value is -1.84. The quantitative estimate of drug-likeness (QED) is 0.698. The van der Waals surface area contributed by atoms with Crippen molar-refractivity contribution in [3.05, 3.63) is 30.1 Å². The summed E-state index contributed by atoms with van der Waals surface area (Å²) < 4.78 is 5.73. The molecule has 1 unspecified atom stereocenters. The van der Waals surface area contributed by atoms with Gasteiger partial charge in [0.25, 0.3) is 0 Å². The maximum absolute atomic E-state index is 10.4. The van der Waals surface area contributed by atoms with Gasteiger partial charge in [-0.2, -0.15) is 0 Å². The summed E-state index contributed by atoms with van der Waals surface area (Å²) in [7, 11) is 0. The van der Waals surface area contributed by atoms with Crippen LogP contribution in [-0.4, -0.2) is 22.7 Å². The lowest BCUT2D eigenvalue weighted by molar-refractivity contribution is -0.131. The first kappa shape index (κ1) is 16.2. The number of carboxylic acid groups (broad SMARTS) is 1. The molecule has 0 aliphatic rings. The van der Waals surface area contributed by atoms with Gasteiger partial charge >= 0.3 is 5.97 Å². The molecule has 0 saturated carbocycles. The predicted octanol–water partition coefficient (Wildman–Crippen LogP) is 3.77. The lowest BCUT2D eigenvalue weighted by Crippen LogP contribution is -2.11. The molecule has 0 bridgehead atoms. The molecule has 1 rings (SSSR count). The van der Waals surface area contributed by atoms with Gasteiger partial charge in [0, 0.05) is 6.08 Å². The van der Waals surface area contributed by atoms with Crippen LogP contribution < -0.4 is 4.74 Å². The number of hydrogen-bond acceptors (Lipinski definition) is 3. The number of hydrogen-bond donors (Lipinski definition) is 1. The maximum Gasteiger partial charge on any atom is 0.328 e. The number of aromatic nitrogens is 1. The van der Waals surface area contributed by atoms with Crippen molar-refractivity contribution in [2.45, 2.75) is 39.5 Å². The number of unbranched alkanes of at least 4 members (excludes halogenated alkanes) is 1. The number of rotatable bonds is 9. The summed E-state index contributed by atoms with van der Waals surface area (Å²) >= 11 is 0. The van der Waals surface area contributed by atoms with E-state index in [-0.39, 0.29) is 0 Å². The number of carboxylic acids is 1. The molecule has 20 heavy (non-hydrogen) atoms. The fourth-order valence-electron chi connectivity index (χ4n) is 1.84. The van der Waals surface area contributed by atoms with Crippen LogP contribution in [-0.2, 0) is 4.79 Å². The minimum Gasteiger partial charge on any atom is -0.492 e. The van der Waals surface area contributed by atoms with E-state index >= 15 is 0 Å². The predicted molar refractivity (Wildman–Crippen MR) is 79.7 cm³/mol. The van der Waals surface area contributed by atoms with Crippen molar-refractivity contribution in [3.63, 3.8) is 0 Å². The summed E-state index contributed by atoms with van der Waals surface area (Å²) in [6.45, 7) is 5.09. The van der Waals surface area contributed by atoms with E-state index in [0.717, 1.165) is 18.2 Å². The largest absolute Gasteiger partial charge is 0.492 e. The van der Waals surface area contributed by atoms with Crippen molar-refractivity contribution in [2.24, 2.45) is 5.92 Å². The Morgan fingerprint density at radius 3 is 2.80 bits per heavy atom. The van der Waals surface area contributed by atoms with Gasteiger partial charge in [0.1, 0.15) is 5.75 Å². The van der Waals surface area contributed by atoms with E-state index in [2.05, 4.69) is 18.8 Å². The van der Waals surface area contributed by atoms with Gasteiger partial charge in [0.05, 0.1) is 18.5 Å². The molecule has 0 spiro atoms. The molecule has 4 nitrogen and oxygen atoms in total. The van der Waals surface area contributed by atoms with Crippen molar-refractivity contribution in [1.29, 1.82) is 0 Å². The van der Waals surface area contributed by atoms with Crippen LogP contribution >= 0.6 is 0 Å². The molecule has 1 aromatic rings. The van der Waals surface area contributed by atoms with Crippen LogP contribution in [0.25, 0.3) is 6.08 Å². The zero-order valence-corrected chi connectivity index (χ0v) is 12.2. The summed E-state index contributed by atoms with van der Waals surface area (Å²) in [5.41, 5.74) is 0.609. The smallest absolute Gasteiger partial charge is 0.328 e. The second kappa shape index (κ2) is 9.13. The standard InChI is InChI=1S/C16H23NO3/c1-3-5-6-13(4-2)12-20-15-9-7-14(17-11-15)8-10-16(18)19/h7-11,13H,3-6,12H2,1-2H3,(H,18,19). The molecule has 0 radical (unpaired) electrons. The Morgan fingerprint density at radius 2 is 2.25 bits per heavy atom. The Labute approximate surface area is 120 Å². The van der Waals surface area contributed by atoms with Crippen LogP contribution in [0.2, 0.25) is 0 Å². The average molecular weight is 277 g/mol. The van der Waals surface area contributed by atoms with E-state index in [4.69, 9.17) is 9.84 Å². The van der Waals surface area contributed by atoms with Crippen molar-refractivity contribution in [2.75, 3.05) is 6.61 Å². The van der Waals surface area contributed by atoms with Crippen LogP contribution in [0.5, 0.6) is 5.75 Å². The molecule has 0 fully saturated rings. The van der Waals surface area contributed by atoms with Crippen LogP contribution in [0.4, 0.5) is 0 Å². The van der Waals surface area contributed by atoms with Gasteiger partial charge < -0.3 is 9.84 Å². The number of ether oxygens (including phenoxy) is 1. The molecule has 0 aromatic carbocycles. The number of aliphatic carboxylic acids is 1. The average Bonchev–Trinajstić information content (AvgIpc) is 2.46. The Kier molecular flexibility index (Phi) is 7.40. The highest BCUT2D eigenvalue weighted by Crippen LogP contribution is 2.16. The summed E-state index contributed by atoms with van der Waals surface area (Å²) in [4.78, 5) is 14.5. The summed E-state index contributed by atoms with van der Waals surface area (Å²) in [6.07, 6.45) is 8.92. The third-order valence-electron chi connectivity index (χ3n) is 3.18. The van der Waals surface area contributed by atoms with Crippen molar-refractivity contribution < 1.29 is 14.6 Å². The zero-order chi connectivity index (χ0) is 14.8. The van der Waals surface area contributed by atoms with E-state index in [9.17, 15) is 4.79 Å². The molecule has 0 amide bonds. The lowest BCUT2D eigenvalue weighted by atomic mass is 10.0. The van der Waals surface area contributed by atoms with Crippen LogP contribution in [0.15, 0.2) is 24.4 Å². The molecule has 1 atom stereocenters. The second-order valence-corrected chi connectivity index (χ2v) is 4.82. The minimum absolute atomic E-state index is 0.585. The second-order valence-electron chi connectivity index (χ2n) is 4.82. The van der Waals surface area contributed by atoms with Gasteiger partial charge in [-0.3, -0.25) is 4.98 Å². The molecule has 110 valence electrons. The minimum atomic E-state index is -0.978. The van der Waals surface area contributed by atoms with E-state index in [1.807, 2.05) is 6.07 Å². The van der Waals surface area contributed by atoms with Crippen LogP contribution in [0.1, 0.15) is 45.2 Å². The third kappa shape index (κ3) is 6.36. The highest BCUT2D eigenvalue weighted by atomic mass is 16.5. The molecule has 1 heterocycles. The van der Waals surface area contributed by atoms with Gasteiger partial charge in [-0.1, -0.05) is 33.1 Å². The van der Waals surface area contributed by atoms with Gasteiger partial charge in [-0.25, -0.2) is 4.79 Å². The highest BCUT2D eigenvalue weighted by molar-refractivity contribution is 5.84. The molecule has 1 aromatic heterocycles. The van der Waals surface area contributed by atoms with Crippen LogP contribution in [0.3, 0.4) is 0 Å². The van der Waals surface area contributed by atoms with E-state index in [0.29, 0.717) is 18.2 Å². The lowest BCUT2D eigenvalue weighted by Gasteiger charge is -2.15. The number of nitrogens with zero attached hydrogens (tertiary/aromatic N) is 1. The van der Waals surface area contributed by atoms with Crippen molar-refractivity contribution in [3.8, 4) is 5.75 Å². The van der Waals surface area contributed by atoms with Gasteiger partial charge in [-0.15, -0.1) is 0 Å². The molecular weight excluding hydrogens is 254 g/mol. The highest BCUT2D eigenvalue weighted by Gasteiger charge is 2.06.